The fourth-order valence-electron chi connectivity index (χ4n) is 2.97. The molecule has 0 radical (unpaired) electrons. The summed E-state index contributed by atoms with van der Waals surface area (Å²) in [5, 5.41) is 9.03. The first kappa shape index (κ1) is 15.3. The summed E-state index contributed by atoms with van der Waals surface area (Å²) in [5.74, 6) is 0.0275. The second-order valence-electron chi connectivity index (χ2n) is 5.81. The highest BCUT2D eigenvalue weighted by molar-refractivity contribution is 5.94. The van der Waals surface area contributed by atoms with Gasteiger partial charge >= 0.3 is 0 Å². The van der Waals surface area contributed by atoms with Gasteiger partial charge in [-0.1, -0.05) is 12.1 Å². The minimum atomic E-state index is -0.193. The molecule has 1 saturated heterocycles. The van der Waals surface area contributed by atoms with E-state index in [0.717, 1.165) is 16.8 Å². The number of hydrogen-bond acceptors (Lipinski definition) is 3. The first-order chi connectivity index (χ1) is 11.1. The summed E-state index contributed by atoms with van der Waals surface area (Å²) < 4.78 is 7.67. The summed E-state index contributed by atoms with van der Waals surface area (Å²) >= 11 is 0. The molecule has 23 heavy (non-hydrogen) atoms. The predicted molar refractivity (Wildman–Crippen MR) is 85.9 cm³/mol. The van der Waals surface area contributed by atoms with Gasteiger partial charge in [0.1, 0.15) is 11.8 Å². The zero-order valence-corrected chi connectivity index (χ0v) is 13.3. The van der Waals surface area contributed by atoms with Crippen molar-refractivity contribution < 1.29 is 9.53 Å². The molecule has 1 unspecified atom stereocenters. The summed E-state index contributed by atoms with van der Waals surface area (Å²) in [6.45, 7) is 3.52. The summed E-state index contributed by atoms with van der Waals surface area (Å²) in [5.41, 5.74) is 3.24. The Bertz CT molecular complexity index is 753. The fraction of sp³-hybridized carbons (Fsp3) is 0.333. The lowest BCUT2D eigenvalue weighted by Crippen LogP contribution is -2.43. The number of nitriles is 1. The van der Waals surface area contributed by atoms with Crippen LogP contribution in [-0.2, 0) is 11.8 Å². The third-order valence-electron chi connectivity index (χ3n) is 4.22. The molecule has 1 aromatic carbocycles. The quantitative estimate of drug-likeness (QED) is 0.856. The van der Waals surface area contributed by atoms with E-state index < -0.39 is 0 Å². The van der Waals surface area contributed by atoms with Crippen LogP contribution in [0, 0.1) is 18.3 Å². The summed E-state index contributed by atoms with van der Waals surface area (Å²) in [4.78, 5) is 14.6. The lowest BCUT2D eigenvalue weighted by molar-refractivity contribution is -0.0231. The van der Waals surface area contributed by atoms with Crippen LogP contribution in [0.25, 0.3) is 0 Å². The van der Waals surface area contributed by atoms with E-state index in [4.69, 9.17) is 10.00 Å². The van der Waals surface area contributed by atoms with Gasteiger partial charge in [0.2, 0.25) is 0 Å². The van der Waals surface area contributed by atoms with Gasteiger partial charge in [-0.05, 0) is 36.2 Å². The third kappa shape index (κ3) is 2.99. The molecule has 2 aromatic rings. The Kier molecular flexibility index (Phi) is 4.18. The molecule has 118 valence electrons. The van der Waals surface area contributed by atoms with E-state index in [-0.39, 0.29) is 12.0 Å². The second-order valence-corrected chi connectivity index (χ2v) is 5.81. The molecule has 1 atom stereocenters. The minimum Gasteiger partial charge on any atom is -0.370 e. The van der Waals surface area contributed by atoms with Crippen LogP contribution in [0.2, 0.25) is 0 Å². The van der Waals surface area contributed by atoms with Crippen LogP contribution < -0.4 is 0 Å². The van der Waals surface area contributed by atoms with Crippen LogP contribution in [0.3, 0.4) is 0 Å². The van der Waals surface area contributed by atoms with Crippen molar-refractivity contribution in [2.75, 3.05) is 19.7 Å². The molecule has 0 saturated carbocycles. The smallest absolute Gasteiger partial charge is 0.270 e. The van der Waals surface area contributed by atoms with Gasteiger partial charge in [0, 0.05) is 19.8 Å². The standard InChI is InChI=1S/C18H19N3O2/c1-13-6-7-20(2)17(13)18(22)21-8-9-23-16(12-21)15-5-3-4-14(10-15)11-19/h3-7,10,16H,8-9,12H2,1-2H3. The van der Waals surface area contributed by atoms with E-state index in [1.165, 1.54) is 0 Å². The average molecular weight is 309 g/mol. The molecular weight excluding hydrogens is 290 g/mol. The minimum absolute atomic E-state index is 0.0275. The van der Waals surface area contributed by atoms with Gasteiger partial charge in [-0.3, -0.25) is 4.79 Å². The van der Waals surface area contributed by atoms with E-state index in [9.17, 15) is 4.79 Å². The highest BCUT2D eigenvalue weighted by atomic mass is 16.5. The van der Waals surface area contributed by atoms with Crippen molar-refractivity contribution in [3.05, 3.63) is 58.9 Å². The van der Waals surface area contributed by atoms with Crippen molar-refractivity contribution in [1.29, 1.82) is 5.26 Å². The van der Waals surface area contributed by atoms with Gasteiger partial charge in [-0.25, -0.2) is 0 Å². The summed E-state index contributed by atoms with van der Waals surface area (Å²) in [6, 6.07) is 11.5. The molecule has 5 heteroatoms. The number of rotatable bonds is 2. The van der Waals surface area contributed by atoms with E-state index >= 15 is 0 Å². The van der Waals surface area contributed by atoms with Crippen LogP contribution in [0.1, 0.15) is 33.3 Å². The molecule has 1 aliphatic heterocycles. The van der Waals surface area contributed by atoms with E-state index in [1.807, 2.05) is 53.9 Å². The normalized spacial score (nSPS) is 17.8. The van der Waals surface area contributed by atoms with Gasteiger partial charge in [0.25, 0.3) is 5.91 Å². The highest BCUT2D eigenvalue weighted by Crippen LogP contribution is 2.24. The van der Waals surface area contributed by atoms with Crippen LogP contribution in [0.5, 0.6) is 0 Å². The molecule has 5 nitrogen and oxygen atoms in total. The number of benzene rings is 1. The van der Waals surface area contributed by atoms with Crippen LogP contribution >= 0.6 is 0 Å². The number of carbonyl (C=O) groups excluding carboxylic acids is 1. The van der Waals surface area contributed by atoms with Gasteiger partial charge in [0.05, 0.1) is 24.8 Å². The fourth-order valence-corrected chi connectivity index (χ4v) is 2.97. The maximum absolute atomic E-state index is 12.8. The van der Waals surface area contributed by atoms with Gasteiger partial charge in [-0.2, -0.15) is 5.26 Å². The molecule has 0 bridgehead atoms. The third-order valence-corrected chi connectivity index (χ3v) is 4.22. The van der Waals surface area contributed by atoms with Crippen molar-refractivity contribution in [2.45, 2.75) is 13.0 Å². The van der Waals surface area contributed by atoms with Crippen molar-refractivity contribution in [1.82, 2.24) is 9.47 Å². The zero-order valence-electron chi connectivity index (χ0n) is 13.3. The molecule has 3 rings (SSSR count). The number of aryl methyl sites for hydroxylation is 2. The molecule has 1 amide bonds. The second kappa shape index (κ2) is 6.27. The lowest BCUT2D eigenvalue weighted by atomic mass is 10.0. The number of hydrogen-bond donors (Lipinski definition) is 0. The number of aromatic nitrogens is 1. The van der Waals surface area contributed by atoms with Crippen LogP contribution in [0.4, 0.5) is 0 Å². The molecule has 1 fully saturated rings. The molecule has 0 N–H and O–H groups in total. The zero-order chi connectivity index (χ0) is 16.4. The molecule has 0 spiro atoms. The largest absolute Gasteiger partial charge is 0.370 e. The Morgan fingerprint density at radius 2 is 2.22 bits per heavy atom. The number of carbonyl (C=O) groups is 1. The number of morpholine rings is 1. The Labute approximate surface area is 135 Å². The van der Waals surface area contributed by atoms with E-state index in [0.29, 0.717) is 25.3 Å². The molecule has 1 aliphatic rings. The van der Waals surface area contributed by atoms with Crippen molar-refractivity contribution in [3.8, 4) is 6.07 Å². The van der Waals surface area contributed by atoms with E-state index in [2.05, 4.69) is 6.07 Å². The van der Waals surface area contributed by atoms with E-state index in [1.54, 1.807) is 6.07 Å². The van der Waals surface area contributed by atoms with Gasteiger partial charge in [0.15, 0.2) is 0 Å². The maximum atomic E-state index is 12.8. The molecular formula is C18H19N3O2. The Hall–Kier alpha value is -2.58. The Balaban J connectivity index is 1.81. The van der Waals surface area contributed by atoms with Crippen LogP contribution in [-0.4, -0.2) is 35.1 Å². The number of amides is 1. The topological polar surface area (TPSA) is 58.3 Å². The molecule has 2 heterocycles. The average Bonchev–Trinajstić information content (AvgIpc) is 2.93. The Morgan fingerprint density at radius 1 is 1.39 bits per heavy atom. The van der Waals surface area contributed by atoms with Gasteiger partial charge in [-0.15, -0.1) is 0 Å². The molecule has 1 aromatic heterocycles. The predicted octanol–water partition coefficient (Wildman–Crippen LogP) is 2.42. The first-order valence-electron chi connectivity index (χ1n) is 7.63. The monoisotopic (exact) mass is 309 g/mol. The summed E-state index contributed by atoms with van der Waals surface area (Å²) in [6.07, 6.45) is 1.71. The number of ether oxygens (including phenoxy) is 1. The SMILES string of the molecule is Cc1ccn(C)c1C(=O)N1CCOC(c2cccc(C#N)c2)C1. The lowest BCUT2D eigenvalue weighted by Gasteiger charge is -2.33. The van der Waals surface area contributed by atoms with Crippen molar-refractivity contribution >= 4 is 5.91 Å². The van der Waals surface area contributed by atoms with Crippen molar-refractivity contribution in [2.24, 2.45) is 7.05 Å². The van der Waals surface area contributed by atoms with Crippen molar-refractivity contribution in [3.63, 3.8) is 0 Å². The highest BCUT2D eigenvalue weighted by Gasteiger charge is 2.28. The van der Waals surface area contributed by atoms with Gasteiger partial charge < -0.3 is 14.2 Å². The maximum Gasteiger partial charge on any atom is 0.270 e. The summed E-state index contributed by atoms with van der Waals surface area (Å²) in [7, 11) is 1.88. The molecule has 0 aliphatic carbocycles. The first-order valence-corrected chi connectivity index (χ1v) is 7.63. The Morgan fingerprint density at radius 3 is 2.91 bits per heavy atom. The van der Waals surface area contributed by atoms with Crippen LogP contribution in [0.15, 0.2) is 36.5 Å². The number of nitrogens with zero attached hydrogens (tertiary/aromatic N) is 3.